The molecule has 1 aromatic carbocycles. The van der Waals surface area contributed by atoms with E-state index in [1.807, 2.05) is 0 Å². The molecule has 0 heterocycles. The van der Waals surface area contributed by atoms with Crippen LogP contribution in [-0.4, -0.2) is 31.3 Å². The van der Waals surface area contributed by atoms with Gasteiger partial charge < -0.3 is 9.47 Å². The van der Waals surface area contributed by atoms with Crippen LogP contribution in [0.3, 0.4) is 0 Å². The molecule has 0 unspecified atom stereocenters. The first-order valence-electron chi connectivity index (χ1n) is 6.74. The van der Waals surface area contributed by atoms with Gasteiger partial charge in [-0.25, -0.2) is 4.79 Å². The van der Waals surface area contributed by atoms with Crippen molar-refractivity contribution in [3.8, 4) is 5.75 Å². The van der Waals surface area contributed by atoms with Crippen molar-refractivity contribution in [1.29, 1.82) is 0 Å². The average molecular weight is 374 g/mol. The van der Waals surface area contributed by atoms with Gasteiger partial charge in [-0.1, -0.05) is 12.1 Å². The molecule has 0 atom stereocenters. The minimum Gasteiger partial charge on any atom is -0.497 e. The van der Waals surface area contributed by atoms with E-state index in [1.165, 1.54) is 31.4 Å². The highest BCUT2D eigenvalue weighted by atomic mass is 19.4. The number of hydrogen-bond acceptors (Lipinski definition) is 3. The molecular weight excluding hydrogens is 361 g/mol. The molecule has 0 bridgehead atoms. The van der Waals surface area contributed by atoms with Crippen molar-refractivity contribution in [1.82, 2.24) is 0 Å². The van der Waals surface area contributed by atoms with Crippen molar-refractivity contribution < 1.29 is 45.0 Å². The summed E-state index contributed by atoms with van der Waals surface area (Å²) in [7, 11) is 1.41. The third kappa shape index (κ3) is 6.63. The highest BCUT2D eigenvalue weighted by Crippen LogP contribution is 2.41. The first-order valence-corrected chi connectivity index (χ1v) is 6.74. The molecule has 0 aliphatic carbocycles. The van der Waals surface area contributed by atoms with Gasteiger partial charge >= 0.3 is 24.2 Å². The van der Waals surface area contributed by atoms with Crippen molar-refractivity contribution >= 4 is 12.0 Å². The molecule has 140 valence electrons. The van der Waals surface area contributed by atoms with Gasteiger partial charge in [0, 0.05) is 18.9 Å². The Hall–Kier alpha value is -2.26. The summed E-state index contributed by atoms with van der Waals surface area (Å²) < 4.78 is 96.7. The molecule has 0 amide bonds. The van der Waals surface area contributed by atoms with Gasteiger partial charge in [-0.2, -0.15) is 30.7 Å². The monoisotopic (exact) mass is 374 g/mol. The Morgan fingerprint density at radius 3 is 2.04 bits per heavy atom. The molecule has 0 radical (unpaired) electrons. The van der Waals surface area contributed by atoms with E-state index >= 15 is 0 Å². The van der Waals surface area contributed by atoms with Crippen molar-refractivity contribution in [2.75, 3.05) is 7.11 Å². The summed E-state index contributed by atoms with van der Waals surface area (Å²) in [6.45, 7) is 0. The van der Waals surface area contributed by atoms with E-state index in [4.69, 9.17) is 4.74 Å². The number of methoxy groups -OCH3 is 1. The Bertz CT molecular complexity index is 607. The first kappa shape index (κ1) is 20.8. The summed E-state index contributed by atoms with van der Waals surface area (Å²) in [6, 6.07) is 5.87. The number of benzene rings is 1. The van der Waals surface area contributed by atoms with Crippen LogP contribution in [0.1, 0.15) is 18.4 Å². The highest BCUT2D eigenvalue weighted by molar-refractivity contribution is 5.87. The fraction of sp³-hybridized carbons (Fsp3) is 0.400. The molecule has 0 spiro atoms. The number of carbonyl (C=O) groups is 1. The van der Waals surface area contributed by atoms with Gasteiger partial charge in [0.1, 0.15) is 5.75 Å². The van der Waals surface area contributed by atoms with E-state index in [-0.39, 0.29) is 0 Å². The number of rotatable bonds is 7. The van der Waals surface area contributed by atoms with E-state index < -0.39 is 37.0 Å². The molecule has 0 aliphatic heterocycles. The molecule has 1 aromatic rings. The lowest BCUT2D eigenvalue weighted by molar-refractivity contribution is -0.334. The summed E-state index contributed by atoms with van der Waals surface area (Å²) in [4.78, 5) is 11.2. The van der Waals surface area contributed by atoms with E-state index in [1.54, 1.807) is 0 Å². The Morgan fingerprint density at radius 2 is 1.56 bits per heavy atom. The van der Waals surface area contributed by atoms with Crippen LogP contribution in [0.15, 0.2) is 30.3 Å². The van der Waals surface area contributed by atoms with Crippen molar-refractivity contribution in [2.24, 2.45) is 0 Å². The predicted octanol–water partition coefficient (Wildman–Crippen LogP) is 4.82. The van der Waals surface area contributed by atoms with E-state index in [9.17, 15) is 35.5 Å². The summed E-state index contributed by atoms with van der Waals surface area (Å²) in [6.07, 6.45) is -13.3. The second-order valence-electron chi connectivity index (χ2n) is 4.86. The maximum Gasteiger partial charge on any atom is 0.466 e. The molecule has 0 aromatic heterocycles. The van der Waals surface area contributed by atoms with Gasteiger partial charge in [-0.3, -0.25) is 0 Å². The number of alkyl halides is 7. The molecule has 10 heteroatoms. The van der Waals surface area contributed by atoms with E-state index in [2.05, 4.69) is 4.74 Å². The van der Waals surface area contributed by atoms with Gasteiger partial charge in [0.2, 0.25) is 0 Å². The second-order valence-corrected chi connectivity index (χ2v) is 4.86. The van der Waals surface area contributed by atoms with Gasteiger partial charge in [0.25, 0.3) is 0 Å². The molecule has 25 heavy (non-hydrogen) atoms. The minimum atomic E-state index is -5.38. The van der Waals surface area contributed by atoms with E-state index in [0.29, 0.717) is 17.4 Å². The fourth-order valence-corrected chi connectivity index (χ4v) is 1.56. The molecule has 3 nitrogen and oxygen atoms in total. The maximum absolute atomic E-state index is 13.2. The largest absolute Gasteiger partial charge is 0.497 e. The average Bonchev–Trinajstić information content (AvgIpc) is 2.50. The zero-order valence-corrected chi connectivity index (χ0v) is 12.7. The topological polar surface area (TPSA) is 35.5 Å². The molecule has 0 aliphatic rings. The van der Waals surface area contributed by atoms with Crippen molar-refractivity contribution in [3.05, 3.63) is 35.9 Å². The van der Waals surface area contributed by atoms with Crippen LogP contribution in [0.4, 0.5) is 30.7 Å². The Kier molecular flexibility index (Phi) is 6.44. The Balaban J connectivity index is 2.70. The Labute approximate surface area is 138 Å². The van der Waals surface area contributed by atoms with Gasteiger partial charge in [-0.05, 0) is 23.8 Å². The zero-order valence-electron chi connectivity index (χ0n) is 12.7. The zero-order chi connectivity index (χ0) is 19.3. The highest BCUT2D eigenvalue weighted by Gasteiger charge is 2.60. The lowest BCUT2D eigenvalue weighted by atomic mass is 10.1. The Morgan fingerprint density at radius 1 is 1.00 bits per heavy atom. The summed E-state index contributed by atoms with van der Waals surface area (Å²) in [5, 5.41) is 0. The van der Waals surface area contributed by atoms with E-state index in [0.717, 1.165) is 6.08 Å². The summed E-state index contributed by atoms with van der Waals surface area (Å²) >= 11 is 0. The fourth-order valence-electron chi connectivity index (χ4n) is 1.56. The smallest absolute Gasteiger partial charge is 0.466 e. The lowest BCUT2D eigenvalue weighted by Gasteiger charge is -2.25. The number of halogens is 7. The second kappa shape index (κ2) is 7.75. The van der Waals surface area contributed by atoms with Crippen molar-refractivity contribution in [3.63, 3.8) is 0 Å². The standard InChI is InChI=1S/C15H13F7O3/c1-24-11-5-2-10(3-6-11)4-7-12(23)25-15(21,22)13(16,17)8-9-14(18,19)20/h2-7H,8-9H2,1H3. The van der Waals surface area contributed by atoms with Crippen LogP contribution in [-0.2, 0) is 9.53 Å². The molecule has 0 saturated heterocycles. The van der Waals surface area contributed by atoms with Crippen LogP contribution in [0.2, 0.25) is 0 Å². The lowest BCUT2D eigenvalue weighted by Crippen LogP contribution is -2.44. The molecule has 0 fully saturated rings. The third-order valence-electron chi connectivity index (χ3n) is 2.90. The molecule has 0 saturated carbocycles. The summed E-state index contributed by atoms with van der Waals surface area (Å²) in [5.74, 6) is -6.50. The van der Waals surface area contributed by atoms with Gasteiger partial charge in [0.05, 0.1) is 7.11 Å². The molecular formula is C15H13F7O3. The minimum absolute atomic E-state index is 0.352. The third-order valence-corrected chi connectivity index (χ3v) is 2.90. The van der Waals surface area contributed by atoms with Crippen LogP contribution >= 0.6 is 0 Å². The number of carbonyl (C=O) groups excluding carboxylic acids is 1. The SMILES string of the molecule is COc1ccc(C=CC(=O)OC(F)(F)C(F)(F)CCC(F)(F)F)cc1. The van der Waals surface area contributed by atoms with Crippen LogP contribution in [0.5, 0.6) is 5.75 Å². The number of esters is 1. The molecule has 1 rings (SSSR count). The van der Waals surface area contributed by atoms with Crippen LogP contribution in [0, 0.1) is 0 Å². The van der Waals surface area contributed by atoms with Gasteiger partial charge in [-0.15, -0.1) is 0 Å². The molecule has 0 N–H and O–H groups in total. The van der Waals surface area contributed by atoms with Crippen molar-refractivity contribution in [2.45, 2.75) is 31.0 Å². The maximum atomic E-state index is 13.2. The van der Waals surface area contributed by atoms with Crippen LogP contribution in [0.25, 0.3) is 6.08 Å². The number of hydrogen-bond donors (Lipinski definition) is 0. The van der Waals surface area contributed by atoms with Crippen LogP contribution < -0.4 is 4.74 Å². The van der Waals surface area contributed by atoms with Gasteiger partial charge in [0.15, 0.2) is 0 Å². The number of ether oxygens (including phenoxy) is 2. The normalized spacial score (nSPS) is 13.1. The predicted molar refractivity (Wildman–Crippen MR) is 73.3 cm³/mol. The quantitative estimate of drug-likeness (QED) is 0.390. The summed E-state index contributed by atoms with van der Waals surface area (Å²) in [5.41, 5.74) is 0.352. The first-order chi connectivity index (χ1) is 11.4.